The maximum absolute atomic E-state index is 12.7. The summed E-state index contributed by atoms with van der Waals surface area (Å²) >= 11 is 3.61. The van der Waals surface area contributed by atoms with Crippen LogP contribution in [0.3, 0.4) is 0 Å². The van der Waals surface area contributed by atoms with E-state index in [4.69, 9.17) is 0 Å². The first-order valence-corrected chi connectivity index (χ1v) is 7.71. The highest BCUT2D eigenvalue weighted by molar-refractivity contribution is 9.10. The van der Waals surface area contributed by atoms with Crippen molar-refractivity contribution in [1.82, 2.24) is 0 Å². The second kappa shape index (κ2) is 5.80. The number of nitrogens with zero attached hydrogens (tertiary/aromatic N) is 1. The number of anilines is 1. The maximum atomic E-state index is 12.7. The Balaban J connectivity index is 2.03. The van der Waals surface area contributed by atoms with E-state index in [0.717, 1.165) is 41.5 Å². The number of benzene rings is 2. The molecule has 20 heavy (non-hydrogen) atoms. The first kappa shape index (κ1) is 13.4. The third-order valence-electron chi connectivity index (χ3n) is 3.71. The molecule has 1 aliphatic rings. The van der Waals surface area contributed by atoms with Gasteiger partial charge in [0.25, 0.3) is 5.91 Å². The van der Waals surface area contributed by atoms with Crippen LogP contribution < -0.4 is 4.90 Å². The topological polar surface area (TPSA) is 20.3 Å². The number of rotatable bonds is 1. The smallest absolute Gasteiger partial charge is 0.258 e. The molecule has 0 N–H and O–H groups in total. The van der Waals surface area contributed by atoms with Crippen molar-refractivity contribution in [2.24, 2.45) is 0 Å². The maximum Gasteiger partial charge on any atom is 0.258 e. The fourth-order valence-corrected chi connectivity index (χ4v) is 3.24. The monoisotopic (exact) mass is 329 g/mol. The van der Waals surface area contributed by atoms with Gasteiger partial charge >= 0.3 is 0 Å². The second-order valence-corrected chi connectivity index (χ2v) is 5.87. The predicted octanol–water partition coefficient (Wildman–Crippen LogP) is 4.43. The van der Waals surface area contributed by atoms with Crippen LogP contribution in [0.2, 0.25) is 0 Å². The van der Waals surface area contributed by atoms with Crippen molar-refractivity contribution < 1.29 is 4.79 Å². The standard InChI is InChI=1S/C17H16BrNO/c18-15-10-6-11-16-14(15)9-4-5-12-19(16)17(20)13-7-2-1-3-8-13/h1-3,6-8,10-11H,4-5,9,12H2. The molecule has 2 nitrogen and oxygen atoms in total. The SMILES string of the molecule is O=C(c1ccccc1)N1CCCCc2c(Br)cccc21. The Morgan fingerprint density at radius 3 is 2.60 bits per heavy atom. The van der Waals surface area contributed by atoms with Crippen molar-refractivity contribution in [3.05, 3.63) is 64.1 Å². The molecule has 1 heterocycles. The first-order valence-electron chi connectivity index (χ1n) is 6.91. The van der Waals surface area contributed by atoms with E-state index in [1.807, 2.05) is 47.4 Å². The molecular formula is C17H16BrNO. The van der Waals surface area contributed by atoms with Crippen molar-refractivity contribution >= 4 is 27.5 Å². The molecule has 3 heteroatoms. The van der Waals surface area contributed by atoms with Crippen LogP contribution in [-0.2, 0) is 6.42 Å². The van der Waals surface area contributed by atoms with Gasteiger partial charge in [-0.3, -0.25) is 4.79 Å². The van der Waals surface area contributed by atoms with Gasteiger partial charge in [0.2, 0.25) is 0 Å². The van der Waals surface area contributed by atoms with Gasteiger partial charge in [0.05, 0.1) is 0 Å². The molecule has 2 aromatic carbocycles. The van der Waals surface area contributed by atoms with Crippen molar-refractivity contribution in [2.75, 3.05) is 11.4 Å². The van der Waals surface area contributed by atoms with Crippen molar-refractivity contribution in [2.45, 2.75) is 19.3 Å². The molecule has 0 saturated carbocycles. The fourth-order valence-electron chi connectivity index (χ4n) is 2.69. The van der Waals surface area contributed by atoms with Gasteiger partial charge in [-0.2, -0.15) is 0 Å². The summed E-state index contributed by atoms with van der Waals surface area (Å²) in [6.07, 6.45) is 3.18. The Kier molecular flexibility index (Phi) is 3.88. The van der Waals surface area contributed by atoms with Crippen LogP contribution in [0.1, 0.15) is 28.8 Å². The molecule has 0 spiro atoms. The number of hydrogen-bond acceptors (Lipinski definition) is 1. The van der Waals surface area contributed by atoms with Gasteiger partial charge in [0.1, 0.15) is 0 Å². The zero-order valence-corrected chi connectivity index (χ0v) is 12.8. The van der Waals surface area contributed by atoms with Crippen LogP contribution in [0, 0.1) is 0 Å². The van der Waals surface area contributed by atoms with E-state index in [1.54, 1.807) is 0 Å². The van der Waals surface area contributed by atoms with E-state index in [0.29, 0.717) is 0 Å². The van der Waals surface area contributed by atoms with Gasteiger partial charge in [0.15, 0.2) is 0 Å². The lowest BCUT2D eigenvalue weighted by atomic mass is 10.1. The summed E-state index contributed by atoms with van der Waals surface area (Å²) in [6.45, 7) is 0.789. The summed E-state index contributed by atoms with van der Waals surface area (Å²) in [4.78, 5) is 14.7. The average Bonchev–Trinajstić information content (AvgIpc) is 2.71. The van der Waals surface area contributed by atoms with Gasteiger partial charge in [0, 0.05) is 22.3 Å². The second-order valence-electron chi connectivity index (χ2n) is 5.02. The van der Waals surface area contributed by atoms with Crippen molar-refractivity contribution in [1.29, 1.82) is 0 Å². The lowest BCUT2D eigenvalue weighted by molar-refractivity contribution is 0.0987. The number of hydrogen-bond donors (Lipinski definition) is 0. The molecule has 1 amide bonds. The molecule has 0 aliphatic carbocycles. The molecule has 0 bridgehead atoms. The Hall–Kier alpha value is -1.61. The molecule has 0 aromatic heterocycles. The summed E-state index contributed by atoms with van der Waals surface area (Å²) < 4.78 is 1.10. The average molecular weight is 330 g/mol. The van der Waals surface area contributed by atoms with E-state index in [9.17, 15) is 4.79 Å². The zero-order valence-electron chi connectivity index (χ0n) is 11.2. The number of halogens is 1. The fraction of sp³-hybridized carbons (Fsp3) is 0.235. The zero-order chi connectivity index (χ0) is 13.9. The first-order chi connectivity index (χ1) is 9.77. The third-order valence-corrected chi connectivity index (χ3v) is 4.45. The van der Waals surface area contributed by atoms with E-state index < -0.39 is 0 Å². The minimum atomic E-state index is 0.0897. The van der Waals surface area contributed by atoms with Crippen LogP contribution in [0.25, 0.3) is 0 Å². The van der Waals surface area contributed by atoms with E-state index in [1.165, 1.54) is 5.56 Å². The quantitative estimate of drug-likeness (QED) is 0.757. The number of amides is 1. The van der Waals surface area contributed by atoms with Crippen molar-refractivity contribution in [3.8, 4) is 0 Å². The largest absolute Gasteiger partial charge is 0.308 e. The highest BCUT2D eigenvalue weighted by atomic mass is 79.9. The predicted molar refractivity (Wildman–Crippen MR) is 85.2 cm³/mol. The highest BCUT2D eigenvalue weighted by Crippen LogP contribution is 2.32. The molecule has 0 saturated heterocycles. The van der Waals surface area contributed by atoms with Crippen molar-refractivity contribution in [3.63, 3.8) is 0 Å². The molecule has 0 atom stereocenters. The third kappa shape index (κ3) is 2.50. The van der Waals surface area contributed by atoms with Crippen LogP contribution >= 0.6 is 15.9 Å². The minimum Gasteiger partial charge on any atom is -0.308 e. The van der Waals surface area contributed by atoms with E-state index in [-0.39, 0.29) is 5.91 Å². The normalized spacial score (nSPS) is 14.6. The Labute approximate surface area is 127 Å². The molecule has 0 unspecified atom stereocenters. The van der Waals surface area contributed by atoms with Gasteiger partial charge in [-0.15, -0.1) is 0 Å². The van der Waals surface area contributed by atoms with Gasteiger partial charge in [-0.1, -0.05) is 40.2 Å². The molecule has 102 valence electrons. The summed E-state index contributed by atoms with van der Waals surface area (Å²) in [6, 6.07) is 15.6. The van der Waals surface area contributed by atoms with Gasteiger partial charge in [-0.25, -0.2) is 0 Å². The highest BCUT2D eigenvalue weighted by Gasteiger charge is 2.23. The molecule has 2 aromatic rings. The lowest BCUT2D eigenvalue weighted by Gasteiger charge is -2.23. The molecule has 1 aliphatic heterocycles. The van der Waals surface area contributed by atoms with Crippen LogP contribution in [0.5, 0.6) is 0 Å². The molecular weight excluding hydrogens is 314 g/mol. The Morgan fingerprint density at radius 1 is 1.00 bits per heavy atom. The Morgan fingerprint density at radius 2 is 1.80 bits per heavy atom. The lowest BCUT2D eigenvalue weighted by Crippen LogP contribution is -2.31. The van der Waals surface area contributed by atoms with Crippen LogP contribution in [0.4, 0.5) is 5.69 Å². The van der Waals surface area contributed by atoms with Gasteiger partial charge in [-0.05, 0) is 49.1 Å². The molecule has 0 radical (unpaired) electrons. The summed E-state index contributed by atoms with van der Waals surface area (Å²) in [5, 5.41) is 0. The van der Waals surface area contributed by atoms with Gasteiger partial charge < -0.3 is 4.90 Å². The number of fused-ring (bicyclic) bond motifs is 1. The summed E-state index contributed by atoms with van der Waals surface area (Å²) in [5.41, 5.74) is 3.04. The minimum absolute atomic E-state index is 0.0897. The summed E-state index contributed by atoms with van der Waals surface area (Å²) in [7, 11) is 0. The molecule has 0 fully saturated rings. The Bertz CT molecular complexity index is 624. The number of carbonyl (C=O) groups is 1. The number of carbonyl (C=O) groups excluding carboxylic acids is 1. The van der Waals surface area contributed by atoms with E-state index in [2.05, 4.69) is 22.0 Å². The van der Waals surface area contributed by atoms with E-state index >= 15 is 0 Å². The summed E-state index contributed by atoms with van der Waals surface area (Å²) in [5.74, 6) is 0.0897. The van der Waals surface area contributed by atoms with Crippen LogP contribution in [-0.4, -0.2) is 12.5 Å². The van der Waals surface area contributed by atoms with Crippen LogP contribution in [0.15, 0.2) is 53.0 Å². The molecule has 3 rings (SSSR count).